The maximum atomic E-state index is 13.1. The third-order valence-electron chi connectivity index (χ3n) is 16.9. The molecule has 0 heterocycles. The van der Waals surface area contributed by atoms with Crippen molar-refractivity contribution in [3.05, 3.63) is 85.1 Å². The van der Waals surface area contributed by atoms with Gasteiger partial charge in [0, 0.05) is 25.7 Å². The summed E-state index contributed by atoms with van der Waals surface area (Å²) in [5, 5.41) is 10.6. The molecule has 0 aliphatic heterocycles. The molecule has 0 aliphatic carbocycles. The number of allylic oxidation sites excluding steroid dienone is 14. The highest BCUT2D eigenvalue weighted by Crippen LogP contribution is 2.45. The number of esters is 4. The number of ether oxygens (including phenoxy) is 4. The minimum Gasteiger partial charge on any atom is -0.462 e. The lowest BCUT2D eigenvalue weighted by atomic mass is 10.0. The lowest BCUT2D eigenvalue weighted by Gasteiger charge is -2.21. The SMILES string of the molecule is CC/C=C\C/C=C\C/C=C\C/C=C\C/C=C\C/C=C\CCC(=O)OC[C@H](COP(=O)(O)OC[C@@H](O)COP(=O)(O)OC[C@@H](COC(=O)CCCCCCCCCCCCCCC)OC(=O)CCCCCCCCCCCCCCC)OC(=O)CCCCCCCCC/C=C\CCCCCC. The third kappa shape index (κ3) is 72.6. The minimum absolute atomic E-state index is 0.0372. The van der Waals surface area contributed by atoms with Crippen LogP contribution in [0.5, 0.6) is 0 Å². The molecule has 0 rings (SSSR count). The summed E-state index contributed by atoms with van der Waals surface area (Å²) < 4.78 is 68.5. The summed E-state index contributed by atoms with van der Waals surface area (Å²) >= 11 is 0. The Kier molecular flexibility index (Phi) is 70.8. The van der Waals surface area contributed by atoms with Gasteiger partial charge in [-0.15, -0.1) is 0 Å². The van der Waals surface area contributed by atoms with E-state index in [0.717, 1.165) is 128 Å². The van der Waals surface area contributed by atoms with Crippen LogP contribution in [0, 0.1) is 0 Å². The van der Waals surface area contributed by atoms with Crippen LogP contribution in [-0.4, -0.2) is 96.7 Å². The van der Waals surface area contributed by atoms with Gasteiger partial charge in [-0.3, -0.25) is 37.3 Å². The maximum absolute atomic E-state index is 13.1. The van der Waals surface area contributed by atoms with Crippen molar-refractivity contribution in [3.8, 4) is 0 Å². The topological polar surface area (TPSA) is 237 Å². The number of unbranched alkanes of at least 4 members (excludes halogenated alkanes) is 35. The zero-order chi connectivity index (χ0) is 73.2. The first-order chi connectivity index (χ1) is 48.7. The van der Waals surface area contributed by atoms with Crippen LogP contribution in [0.1, 0.15) is 349 Å². The van der Waals surface area contributed by atoms with Gasteiger partial charge in [0.2, 0.25) is 0 Å². The van der Waals surface area contributed by atoms with E-state index in [1.54, 1.807) is 0 Å². The number of phosphoric acid groups is 2. The average Bonchev–Trinajstić information content (AvgIpc) is 0.946. The molecule has 5 atom stereocenters. The molecule has 0 saturated heterocycles. The molecule has 0 aromatic carbocycles. The van der Waals surface area contributed by atoms with E-state index in [0.29, 0.717) is 32.1 Å². The van der Waals surface area contributed by atoms with Gasteiger partial charge in [-0.1, -0.05) is 318 Å². The van der Waals surface area contributed by atoms with Crippen LogP contribution in [0.3, 0.4) is 0 Å². The summed E-state index contributed by atoms with van der Waals surface area (Å²) in [4.78, 5) is 72.9. The Morgan fingerprint density at radius 3 is 0.870 bits per heavy atom. The zero-order valence-electron chi connectivity index (χ0n) is 63.4. The van der Waals surface area contributed by atoms with Crippen molar-refractivity contribution in [2.75, 3.05) is 39.6 Å². The van der Waals surface area contributed by atoms with Crippen molar-refractivity contribution in [2.24, 2.45) is 0 Å². The fraction of sp³-hybridized carbons (Fsp3) is 0.778. The Bertz CT molecular complexity index is 2230. The van der Waals surface area contributed by atoms with E-state index in [1.165, 1.54) is 135 Å². The van der Waals surface area contributed by atoms with E-state index in [9.17, 15) is 43.2 Å². The Balaban J connectivity index is 5.38. The van der Waals surface area contributed by atoms with Crippen LogP contribution in [0.25, 0.3) is 0 Å². The molecule has 0 aromatic heterocycles. The van der Waals surface area contributed by atoms with Crippen molar-refractivity contribution < 1.29 is 80.2 Å². The highest BCUT2D eigenvalue weighted by Gasteiger charge is 2.30. The zero-order valence-corrected chi connectivity index (χ0v) is 65.2. The molecule has 17 nitrogen and oxygen atoms in total. The van der Waals surface area contributed by atoms with Crippen molar-refractivity contribution in [2.45, 2.75) is 367 Å². The number of aliphatic hydroxyl groups excluding tert-OH is 1. The number of rotatable bonds is 75. The largest absolute Gasteiger partial charge is 0.472 e. The Hall–Kier alpha value is -3.76. The predicted octanol–water partition coefficient (Wildman–Crippen LogP) is 23.0. The van der Waals surface area contributed by atoms with Crippen LogP contribution in [0.2, 0.25) is 0 Å². The lowest BCUT2D eigenvalue weighted by Crippen LogP contribution is -2.30. The number of carbonyl (C=O) groups excluding carboxylic acids is 4. The number of carbonyl (C=O) groups is 4. The quantitative estimate of drug-likeness (QED) is 0.0169. The minimum atomic E-state index is -4.99. The second-order valence-corrected chi connectivity index (χ2v) is 29.5. The fourth-order valence-corrected chi connectivity index (χ4v) is 12.4. The van der Waals surface area contributed by atoms with Crippen LogP contribution >= 0.6 is 15.6 Å². The van der Waals surface area contributed by atoms with E-state index in [4.69, 9.17) is 37.0 Å². The van der Waals surface area contributed by atoms with Gasteiger partial charge in [-0.2, -0.15) is 0 Å². The van der Waals surface area contributed by atoms with Crippen molar-refractivity contribution in [3.63, 3.8) is 0 Å². The average molecular weight is 1450 g/mol. The number of aliphatic hydroxyl groups is 1. The van der Waals surface area contributed by atoms with Gasteiger partial charge in [0.05, 0.1) is 26.4 Å². The first-order valence-corrected chi connectivity index (χ1v) is 42.8. The monoisotopic (exact) mass is 1450 g/mol. The van der Waals surface area contributed by atoms with Gasteiger partial charge in [-0.05, 0) is 89.9 Å². The fourth-order valence-electron chi connectivity index (χ4n) is 10.8. The molecule has 580 valence electrons. The summed E-state index contributed by atoms with van der Waals surface area (Å²) in [6.07, 6.45) is 75.7. The van der Waals surface area contributed by atoms with Gasteiger partial charge in [0.1, 0.15) is 19.3 Å². The second-order valence-electron chi connectivity index (χ2n) is 26.6. The molecular formula is C81H144O17P2. The molecule has 0 bridgehead atoms. The highest BCUT2D eigenvalue weighted by atomic mass is 31.2. The van der Waals surface area contributed by atoms with Crippen LogP contribution in [0.15, 0.2) is 85.1 Å². The molecule has 0 aromatic rings. The van der Waals surface area contributed by atoms with Crippen LogP contribution in [0.4, 0.5) is 0 Å². The van der Waals surface area contributed by atoms with E-state index in [2.05, 4.69) is 94.5 Å². The molecule has 100 heavy (non-hydrogen) atoms. The molecule has 0 saturated carbocycles. The van der Waals surface area contributed by atoms with E-state index >= 15 is 0 Å². The Morgan fingerprint density at radius 2 is 0.540 bits per heavy atom. The van der Waals surface area contributed by atoms with Crippen molar-refractivity contribution >= 4 is 39.5 Å². The number of phosphoric ester groups is 2. The summed E-state index contributed by atoms with van der Waals surface area (Å²) in [5.41, 5.74) is 0. The van der Waals surface area contributed by atoms with E-state index < -0.39 is 97.5 Å². The lowest BCUT2D eigenvalue weighted by molar-refractivity contribution is -0.161. The highest BCUT2D eigenvalue weighted by molar-refractivity contribution is 7.47. The normalized spacial score (nSPS) is 14.3. The van der Waals surface area contributed by atoms with Gasteiger partial charge in [0.15, 0.2) is 12.2 Å². The predicted molar refractivity (Wildman–Crippen MR) is 409 cm³/mol. The molecule has 3 N–H and O–H groups in total. The molecule has 0 radical (unpaired) electrons. The maximum Gasteiger partial charge on any atom is 0.472 e. The van der Waals surface area contributed by atoms with Gasteiger partial charge < -0.3 is 33.8 Å². The molecule has 19 heteroatoms. The molecule has 0 aliphatic rings. The Labute approximate surface area is 608 Å². The number of hydrogen-bond donors (Lipinski definition) is 3. The molecular weight excluding hydrogens is 1310 g/mol. The second kappa shape index (κ2) is 73.5. The molecule has 0 spiro atoms. The Morgan fingerprint density at radius 1 is 0.290 bits per heavy atom. The van der Waals surface area contributed by atoms with Crippen molar-refractivity contribution in [1.29, 1.82) is 0 Å². The molecule has 0 fully saturated rings. The first-order valence-electron chi connectivity index (χ1n) is 39.8. The third-order valence-corrected chi connectivity index (χ3v) is 18.8. The van der Waals surface area contributed by atoms with Gasteiger partial charge in [-0.25, -0.2) is 9.13 Å². The standard InChI is InChI=1S/C81H144O17P2/c1-5-9-13-17-21-25-29-33-35-36-37-38-40-43-46-50-54-58-62-66-79(84)92-72-77(98-81(86)68-64-60-56-52-48-44-39-34-30-26-22-18-14-10-6-2)74-96-100(89,90)94-70-75(82)69-93-99(87,88)95-73-76(97-80(85)67-63-59-55-51-47-42-32-28-24-20-16-12-8-4)71-91-78(83)65-61-57-53-49-45-41-31-27-23-19-15-11-7-3/h9,13,21,25-26,30,33,35,37-38,43,46,54,58,75-77,82H,5-8,10-12,14-20,22-24,27-29,31-32,34,36,39-42,44-45,47-53,55-57,59-74H2,1-4H3,(H,87,88)(H,89,90)/b13-9-,25-21-,30-26-,35-33-,38-37-,46-43-,58-54-/t75-,76+,77+/m0/s1. The first kappa shape index (κ1) is 96.2. The van der Waals surface area contributed by atoms with Gasteiger partial charge >= 0.3 is 39.5 Å². The summed E-state index contributed by atoms with van der Waals surface area (Å²) in [6.45, 7) is 4.71. The van der Waals surface area contributed by atoms with E-state index in [1.807, 2.05) is 18.2 Å². The van der Waals surface area contributed by atoms with Crippen LogP contribution in [-0.2, 0) is 65.4 Å². The molecule has 0 amide bonds. The summed E-state index contributed by atoms with van der Waals surface area (Å²) in [5.74, 6) is -2.25. The van der Waals surface area contributed by atoms with Crippen LogP contribution < -0.4 is 0 Å². The van der Waals surface area contributed by atoms with E-state index in [-0.39, 0.29) is 25.7 Å². The molecule has 2 unspecified atom stereocenters. The summed E-state index contributed by atoms with van der Waals surface area (Å²) in [6, 6.07) is 0. The smallest absolute Gasteiger partial charge is 0.462 e. The van der Waals surface area contributed by atoms with Crippen molar-refractivity contribution in [1.82, 2.24) is 0 Å². The number of hydrogen-bond acceptors (Lipinski definition) is 15. The summed E-state index contributed by atoms with van der Waals surface area (Å²) in [7, 11) is -9.96. The van der Waals surface area contributed by atoms with Gasteiger partial charge in [0.25, 0.3) is 0 Å².